The largest absolute Gasteiger partial charge is 0.338 e. The van der Waals surface area contributed by atoms with E-state index in [0.717, 1.165) is 30.6 Å². The monoisotopic (exact) mass is 279 g/mol. The third-order valence-corrected chi connectivity index (χ3v) is 4.18. The van der Waals surface area contributed by atoms with E-state index < -0.39 is 0 Å². The highest BCUT2D eigenvalue weighted by molar-refractivity contribution is 5.94. The van der Waals surface area contributed by atoms with Gasteiger partial charge in [-0.3, -0.25) is 4.79 Å². The van der Waals surface area contributed by atoms with Crippen LogP contribution in [0.2, 0.25) is 0 Å². The normalized spacial score (nSPS) is 18.5. The lowest BCUT2D eigenvalue weighted by Crippen LogP contribution is -2.39. The van der Waals surface area contributed by atoms with Crippen molar-refractivity contribution in [2.45, 2.75) is 19.8 Å². The Bertz CT molecular complexity index is 603. The summed E-state index contributed by atoms with van der Waals surface area (Å²) in [5.74, 6) is 0.785. The molecule has 1 atom stereocenters. The molecule has 1 heterocycles. The predicted octanol–water partition coefficient (Wildman–Crippen LogP) is 4.23. The zero-order valence-electron chi connectivity index (χ0n) is 12.5. The van der Waals surface area contributed by atoms with E-state index in [4.69, 9.17) is 0 Å². The maximum absolute atomic E-state index is 12.5. The van der Waals surface area contributed by atoms with Gasteiger partial charge in [0, 0.05) is 18.7 Å². The highest BCUT2D eigenvalue weighted by atomic mass is 16.2. The number of likely N-dealkylation sites (tertiary alicyclic amines) is 1. The summed E-state index contributed by atoms with van der Waals surface area (Å²) in [4.78, 5) is 14.5. The zero-order valence-corrected chi connectivity index (χ0v) is 12.5. The van der Waals surface area contributed by atoms with Gasteiger partial charge in [-0.05, 0) is 42.0 Å². The van der Waals surface area contributed by atoms with E-state index in [2.05, 4.69) is 19.1 Å². The summed E-state index contributed by atoms with van der Waals surface area (Å²) in [6.45, 7) is 4.00. The third kappa shape index (κ3) is 3.15. The minimum Gasteiger partial charge on any atom is -0.338 e. The van der Waals surface area contributed by atoms with Crippen LogP contribution in [0.4, 0.5) is 0 Å². The number of hydrogen-bond donors (Lipinski definition) is 0. The molecule has 2 heteroatoms. The first-order valence-corrected chi connectivity index (χ1v) is 7.69. The lowest BCUT2D eigenvalue weighted by atomic mass is 9.99. The fraction of sp³-hybridized carbons (Fsp3) is 0.316. The molecule has 21 heavy (non-hydrogen) atoms. The van der Waals surface area contributed by atoms with Crippen LogP contribution in [0.3, 0.4) is 0 Å². The van der Waals surface area contributed by atoms with Gasteiger partial charge in [-0.15, -0.1) is 0 Å². The molecule has 0 spiro atoms. The van der Waals surface area contributed by atoms with Crippen molar-refractivity contribution >= 4 is 5.91 Å². The Morgan fingerprint density at radius 2 is 1.67 bits per heavy atom. The Morgan fingerprint density at radius 1 is 1.00 bits per heavy atom. The van der Waals surface area contributed by atoms with Gasteiger partial charge in [-0.1, -0.05) is 49.4 Å². The van der Waals surface area contributed by atoms with E-state index in [1.807, 2.05) is 47.4 Å². The Morgan fingerprint density at radius 3 is 2.33 bits per heavy atom. The molecule has 1 aliphatic rings. The highest BCUT2D eigenvalue weighted by Crippen LogP contribution is 2.21. The average molecular weight is 279 g/mol. The molecule has 1 amide bonds. The third-order valence-electron chi connectivity index (χ3n) is 4.18. The van der Waals surface area contributed by atoms with E-state index in [0.29, 0.717) is 5.92 Å². The van der Waals surface area contributed by atoms with Crippen LogP contribution in [0.5, 0.6) is 0 Å². The number of carbonyl (C=O) groups excluding carboxylic acids is 1. The van der Waals surface area contributed by atoms with Gasteiger partial charge in [0.2, 0.25) is 0 Å². The maximum Gasteiger partial charge on any atom is 0.253 e. The standard InChI is InChI=1S/C19H21NO/c1-15-6-5-13-20(14-15)19(21)18-11-9-17(10-12-18)16-7-3-2-4-8-16/h2-4,7-12,15H,5-6,13-14H2,1H3/t15-/m1/s1. The summed E-state index contributed by atoms with van der Waals surface area (Å²) in [7, 11) is 0. The molecule has 0 aromatic heterocycles. The van der Waals surface area contributed by atoms with E-state index >= 15 is 0 Å². The van der Waals surface area contributed by atoms with E-state index in [-0.39, 0.29) is 5.91 Å². The molecule has 0 bridgehead atoms. The zero-order chi connectivity index (χ0) is 14.7. The second-order valence-corrected chi connectivity index (χ2v) is 5.94. The minimum absolute atomic E-state index is 0.168. The number of carbonyl (C=O) groups is 1. The molecular formula is C19H21NO. The lowest BCUT2D eigenvalue weighted by Gasteiger charge is -2.31. The molecule has 108 valence electrons. The summed E-state index contributed by atoms with van der Waals surface area (Å²) in [6, 6.07) is 18.2. The van der Waals surface area contributed by atoms with Gasteiger partial charge in [-0.2, -0.15) is 0 Å². The molecule has 0 radical (unpaired) electrons. The molecule has 2 aromatic carbocycles. The number of hydrogen-bond acceptors (Lipinski definition) is 1. The van der Waals surface area contributed by atoms with Crippen molar-refractivity contribution in [3.8, 4) is 11.1 Å². The van der Waals surface area contributed by atoms with Crippen LogP contribution in [0.1, 0.15) is 30.1 Å². The summed E-state index contributed by atoms with van der Waals surface area (Å²) in [6.07, 6.45) is 2.35. The van der Waals surface area contributed by atoms with Crippen molar-refractivity contribution in [3.63, 3.8) is 0 Å². The molecule has 0 N–H and O–H groups in total. The van der Waals surface area contributed by atoms with Crippen LogP contribution in [0, 0.1) is 5.92 Å². The van der Waals surface area contributed by atoms with Crippen molar-refractivity contribution in [2.24, 2.45) is 5.92 Å². The van der Waals surface area contributed by atoms with Gasteiger partial charge in [0.05, 0.1) is 0 Å². The van der Waals surface area contributed by atoms with Gasteiger partial charge in [0.15, 0.2) is 0 Å². The van der Waals surface area contributed by atoms with Crippen molar-refractivity contribution in [3.05, 3.63) is 60.2 Å². The first-order chi connectivity index (χ1) is 10.2. The molecule has 0 saturated carbocycles. The van der Waals surface area contributed by atoms with Gasteiger partial charge in [0.1, 0.15) is 0 Å². The summed E-state index contributed by atoms with van der Waals surface area (Å²) >= 11 is 0. The average Bonchev–Trinajstić information content (AvgIpc) is 2.55. The summed E-state index contributed by atoms with van der Waals surface area (Å²) < 4.78 is 0. The number of amides is 1. The van der Waals surface area contributed by atoms with Crippen molar-refractivity contribution in [1.82, 2.24) is 4.90 Å². The van der Waals surface area contributed by atoms with Gasteiger partial charge >= 0.3 is 0 Å². The lowest BCUT2D eigenvalue weighted by molar-refractivity contribution is 0.0683. The van der Waals surface area contributed by atoms with Crippen LogP contribution in [0.15, 0.2) is 54.6 Å². The van der Waals surface area contributed by atoms with Gasteiger partial charge in [0.25, 0.3) is 5.91 Å². The Kier molecular flexibility index (Phi) is 4.05. The molecule has 0 aliphatic carbocycles. The molecule has 1 aliphatic heterocycles. The van der Waals surface area contributed by atoms with Gasteiger partial charge in [-0.25, -0.2) is 0 Å². The minimum atomic E-state index is 0.168. The van der Waals surface area contributed by atoms with Crippen molar-refractivity contribution < 1.29 is 4.79 Å². The number of benzene rings is 2. The van der Waals surface area contributed by atoms with Crippen LogP contribution in [-0.4, -0.2) is 23.9 Å². The van der Waals surface area contributed by atoms with Crippen molar-refractivity contribution in [1.29, 1.82) is 0 Å². The topological polar surface area (TPSA) is 20.3 Å². The first-order valence-electron chi connectivity index (χ1n) is 7.69. The van der Waals surface area contributed by atoms with Crippen LogP contribution in [0.25, 0.3) is 11.1 Å². The maximum atomic E-state index is 12.5. The highest BCUT2D eigenvalue weighted by Gasteiger charge is 2.21. The first kappa shape index (κ1) is 13.9. The number of piperidine rings is 1. The van der Waals surface area contributed by atoms with Crippen LogP contribution in [-0.2, 0) is 0 Å². The fourth-order valence-electron chi connectivity index (χ4n) is 2.99. The smallest absolute Gasteiger partial charge is 0.253 e. The molecule has 2 aromatic rings. The second-order valence-electron chi connectivity index (χ2n) is 5.94. The quantitative estimate of drug-likeness (QED) is 0.805. The van der Waals surface area contributed by atoms with Crippen LogP contribution >= 0.6 is 0 Å². The molecule has 2 nitrogen and oxygen atoms in total. The SMILES string of the molecule is C[C@@H]1CCCN(C(=O)c2ccc(-c3ccccc3)cc2)C1. The van der Waals surface area contributed by atoms with Crippen molar-refractivity contribution in [2.75, 3.05) is 13.1 Å². The Balaban J connectivity index is 1.76. The fourth-order valence-corrected chi connectivity index (χ4v) is 2.99. The summed E-state index contributed by atoms with van der Waals surface area (Å²) in [5.41, 5.74) is 3.13. The van der Waals surface area contributed by atoms with E-state index in [9.17, 15) is 4.79 Å². The Labute approximate surface area is 126 Å². The Hall–Kier alpha value is -2.09. The molecular weight excluding hydrogens is 258 g/mol. The molecule has 1 saturated heterocycles. The van der Waals surface area contributed by atoms with Gasteiger partial charge < -0.3 is 4.90 Å². The molecule has 1 fully saturated rings. The number of nitrogens with zero attached hydrogens (tertiary/aromatic N) is 1. The second kappa shape index (κ2) is 6.13. The van der Waals surface area contributed by atoms with E-state index in [1.54, 1.807) is 0 Å². The number of rotatable bonds is 2. The van der Waals surface area contributed by atoms with E-state index in [1.165, 1.54) is 12.0 Å². The van der Waals surface area contributed by atoms with Crippen LogP contribution < -0.4 is 0 Å². The predicted molar refractivity (Wildman–Crippen MR) is 86.2 cm³/mol. The molecule has 0 unspecified atom stereocenters. The molecule has 3 rings (SSSR count). The summed E-state index contributed by atoms with van der Waals surface area (Å²) in [5, 5.41) is 0.